The lowest BCUT2D eigenvalue weighted by atomic mass is 9.87. The number of ether oxygens (including phenoxy) is 1. The molecular formula is C11H26N2O2. The molecule has 1 atom stereocenters. The monoisotopic (exact) mass is 218 g/mol. The van der Waals surface area contributed by atoms with E-state index in [1.807, 2.05) is 0 Å². The van der Waals surface area contributed by atoms with Gasteiger partial charge in [-0.15, -0.1) is 0 Å². The van der Waals surface area contributed by atoms with Crippen molar-refractivity contribution in [3.05, 3.63) is 0 Å². The summed E-state index contributed by atoms with van der Waals surface area (Å²) in [7, 11) is 1.69. The highest BCUT2D eigenvalue weighted by Crippen LogP contribution is 2.20. The van der Waals surface area contributed by atoms with Crippen LogP contribution in [0, 0.1) is 5.41 Å². The molecule has 0 radical (unpaired) electrons. The fourth-order valence-corrected chi connectivity index (χ4v) is 1.49. The highest BCUT2D eigenvalue weighted by Gasteiger charge is 2.23. The van der Waals surface area contributed by atoms with E-state index in [0.717, 1.165) is 19.5 Å². The highest BCUT2D eigenvalue weighted by molar-refractivity contribution is 4.78. The van der Waals surface area contributed by atoms with Gasteiger partial charge < -0.3 is 15.6 Å². The van der Waals surface area contributed by atoms with Gasteiger partial charge in [0.25, 0.3) is 0 Å². The van der Waals surface area contributed by atoms with E-state index in [1.54, 1.807) is 7.11 Å². The van der Waals surface area contributed by atoms with Gasteiger partial charge in [0.05, 0.1) is 13.2 Å². The van der Waals surface area contributed by atoms with E-state index in [9.17, 15) is 0 Å². The predicted molar refractivity (Wildman–Crippen MR) is 62.9 cm³/mol. The Hall–Kier alpha value is -0.160. The second kappa shape index (κ2) is 8.05. The van der Waals surface area contributed by atoms with Crippen LogP contribution < -0.4 is 5.73 Å². The molecule has 1 unspecified atom stereocenters. The van der Waals surface area contributed by atoms with Crippen molar-refractivity contribution < 1.29 is 9.84 Å². The average molecular weight is 218 g/mol. The third kappa shape index (κ3) is 6.10. The molecule has 3 N–H and O–H groups in total. The summed E-state index contributed by atoms with van der Waals surface area (Å²) in [4.78, 5) is 2.21. The Morgan fingerprint density at radius 1 is 1.40 bits per heavy atom. The molecule has 4 nitrogen and oxygen atoms in total. The molecule has 0 amide bonds. The van der Waals surface area contributed by atoms with Crippen LogP contribution in [-0.2, 0) is 4.74 Å². The third-order valence-electron chi connectivity index (χ3n) is 2.98. The van der Waals surface area contributed by atoms with Crippen molar-refractivity contribution in [3.8, 4) is 0 Å². The van der Waals surface area contributed by atoms with Crippen LogP contribution in [0.5, 0.6) is 0 Å². The van der Waals surface area contributed by atoms with E-state index >= 15 is 0 Å². The summed E-state index contributed by atoms with van der Waals surface area (Å²) in [5, 5.41) is 8.96. The van der Waals surface area contributed by atoms with Crippen molar-refractivity contribution >= 4 is 0 Å². The number of aliphatic hydroxyl groups excluding tert-OH is 1. The molecule has 0 aromatic carbocycles. The molecule has 0 aliphatic rings. The van der Waals surface area contributed by atoms with Crippen LogP contribution in [0.3, 0.4) is 0 Å². The molecule has 0 saturated heterocycles. The van der Waals surface area contributed by atoms with Crippen LogP contribution in [0.1, 0.15) is 20.3 Å². The zero-order valence-corrected chi connectivity index (χ0v) is 10.3. The molecule has 0 spiro atoms. The van der Waals surface area contributed by atoms with E-state index in [1.165, 1.54) is 0 Å². The normalized spacial score (nSPS) is 15.6. The third-order valence-corrected chi connectivity index (χ3v) is 2.98. The van der Waals surface area contributed by atoms with Crippen molar-refractivity contribution in [2.45, 2.75) is 20.3 Å². The number of methoxy groups -OCH3 is 1. The summed E-state index contributed by atoms with van der Waals surface area (Å²) in [5.41, 5.74) is 5.91. The lowest BCUT2D eigenvalue weighted by Gasteiger charge is -2.33. The standard InChI is InChI=1S/C11H26N2O2/c1-4-11(2,9-12)10-13(5-7-14)6-8-15-3/h14H,4-10,12H2,1-3H3. The number of hydrogen-bond acceptors (Lipinski definition) is 4. The molecule has 0 aromatic rings. The number of nitrogens with two attached hydrogens (primary N) is 1. The molecular weight excluding hydrogens is 192 g/mol. The lowest BCUT2D eigenvalue weighted by Crippen LogP contribution is -2.42. The van der Waals surface area contributed by atoms with Gasteiger partial charge in [-0.25, -0.2) is 0 Å². The molecule has 92 valence electrons. The molecule has 15 heavy (non-hydrogen) atoms. The molecule has 0 saturated carbocycles. The van der Waals surface area contributed by atoms with Gasteiger partial charge in [0.2, 0.25) is 0 Å². The van der Waals surface area contributed by atoms with E-state index < -0.39 is 0 Å². The molecule has 4 heteroatoms. The van der Waals surface area contributed by atoms with Crippen LogP contribution in [0.2, 0.25) is 0 Å². The Labute approximate surface area is 93.4 Å². The van der Waals surface area contributed by atoms with Gasteiger partial charge in [-0.3, -0.25) is 4.90 Å². The molecule has 0 rings (SSSR count). The minimum atomic E-state index is 0.142. The van der Waals surface area contributed by atoms with Gasteiger partial charge in [-0.1, -0.05) is 13.8 Å². The summed E-state index contributed by atoms with van der Waals surface area (Å²) >= 11 is 0. The fraction of sp³-hybridized carbons (Fsp3) is 1.00. The van der Waals surface area contributed by atoms with Crippen LogP contribution in [0.4, 0.5) is 0 Å². The van der Waals surface area contributed by atoms with Gasteiger partial charge in [0.15, 0.2) is 0 Å². The van der Waals surface area contributed by atoms with E-state index in [0.29, 0.717) is 19.7 Å². The molecule has 0 aliphatic heterocycles. The Balaban J connectivity index is 4.11. The molecule has 0 aromatic heterocycles. The summed E-state index contributed by atoms with van der Waals surface area (Å²) in [6.07, 6.45) is 1.05. The largest absolute Gasteiger partial charge is 0.395 e. The second-order valence-corrected chi connectivity index (χ2v) is 4.36. The van der Waals surface area contributed by atoms with Crippen LogP contribution >= 0.6 is 0 Å². The smallest absolute Gasteiger partial charge is 0.0589 e. The molecule has 0 fully saturated rings. The Bertz CT molecular complexity index is 150. The fourth-order valence-electron chi connectivity index (χ4n) is 1.49. The zero-order chi connectivity index (χ0) is 11.7. The van der Waals surface area contributed by atoms with Gasteiger partial charge in [-0.2, -0.15) is 0 Å². The van der Waals surface area contributed by atoms with Crippen molar-refractivity contribution in [2.75, 3.05) is 46.5 Å². The Kier molecular flexibility index (Phi) is 7.96. The van der Waals surface area contributed by atoms with Crippen molar-refractivity contribution in [1.29, 1.82) is 0 Å². The lowest BCUT2D eigenvalue weighted by molar-refractivity contribution is 0.0967. The zero-order valence-electron chi connectivity index (χ0n) is 10.3. The first-order chi connectivity index (χ1) is 7.11. The summed E-state index contributed by atoms with van der Waals surface area (Å²) < 4.78 is 5.05. The van der Waals surface area contributed by atoms with Crippen LogP contribution in [0.25, 0.3) is 0 Å². The molecule has 0 aliphatic carbocycles. The Morgan fingerprint density at radius 3 is 2.47 bits per heavy atom. The average Bonchev–Trinajstić information content (AvgIpc) is 2.26. The Morgan fingerprint density at radius 2 is 2.07 bits per heavy atom. The minimum Gasteiger partial charge on any atom is -0.395 e. The SMILES string of the molecule is CCC(C)(CN)CN(CCO)CCOC. The number of rotatable bonds is 9. The van der Waals surface area contributed by atoms with Crippen LogP contribution in [0.15, 0.2) is 0 Å². The van der Waals surface area contributed by atoms with Crippen molar-refractivity contribution in [2.24, 2.45) is 11.1 Å². The van der Waals surface area contributed by atoms with E-state index in [-0.39, 0.29) is 12.0 Å². The second-order valence-electron chi connectivity index (χ2n) is 4.36. The molecule has 0 heterocycles. The maximum atomic E-state index is 8.96. The predicted octanol–water partition coefficient (Wildman–Crippen LogP) is 0.302. The highest BCUT2D eigenvalue weighted by atomic mass is 16.5. The van der Waals surface area contributed by atoms with E-state index in [4.69, 9.17) is 15.6 Å². The van der Waals surface area contributed by atoms with Gasteiger partial charge in [-0.05, 0) is 18.4 Å². The number of aliphatic hydroxyl groups is 1. The first-order valence-electron chi connectivity index (χ1n) is 5.64. The summed E-state index contributed by atoms with van der Waals surface area (Å²) in [5.74, 6) is 0. The van der Waals surface area contributed by atoms with Gasteiger partial charge >= 0.3 is 0 Å². The number of hydrogen-bond donors (Lipinski definition) is 2. The number of nitrogens with zero attached hydrogens (tertiary/aromatic N) is 1. The van der Waals surface area contributed by atoms with Crippen molar-refractivity contribution in [3.63, 3.8) is 0 Å². The summed E-state index contributed by atoms with van der Waals surface area (Å²) in [6.45, 7) is 8.37. The first kappa shape index (κ1) is 14.8. The topological polar surface area (TPSA) is 58.7 Å². The minimum absolute atomic E-state index is 0.142. The maximum absolute atomic E-state index is 8.96. The van der Waals surface area contributed by atoms with Gasteiger partial charge in [0, 0.05) is 26.7 Å². The molecule has 0 bridgehead atoms. The summed E-state index contributed by atoms with van der Waals surface area (Å²) in [6, 6.07) is 0. The maximum Gasteiger partial charge on any atom is 0.0589 e. The van der Waals surface area contributed by atoms with Crippen LogP contribution in [-0.4, -0.2) is 56.5 Å². The van der Waals surface area contributed by atoms with E-state index in [2.05, 4.69) is 18.7 Å². The van der Waals surface area contributed by atoms with Crippen molar-refractivity contribution in [1.82, 2.24) is 4.90 Å². The first-order valence-corrected chi connectivity index (χ1v) is 5.64. The van der Waals surface area contributed by atoms with Gasteiger partial charge in [0.1, 0.15) is 0 Å². The quantitative estimate of drug-likeness (QED) is 0.584.